The normalized spacial score (nSPS) is 13.9. The Kier molecular flexibility index (Phi) is 4.91. The van der Waals surface area contributed by atoms with Gasteiger partial charge in [0.2, 0.25) is 0 Å². The van der Waals surface area contributed by atoms with Gasteiger partial charge in [0.25, 0.3) is 0 Å². The first-order valence-electron chi connectivity index (χ1n) is 5.16. The third-order valence-corrected chi connectivity index (χ3v) is 4.51. The molecule has 1 aromatic rings. The summed E-state index contributed by atoms with van der Waals surface area (Å²) in [6.45, 7) is 2.10. The Balaban J connectivity index is 2.63. The van der Waals surface area contributed by atoms with Gasteiger partial charge in [0.15, 0.2) is 0 Å². The van der Waals surface area contributed by atoms with Gasteiger partial charge in [0.05, 0.1) is 5.75 Å². The lowest BCUT2D eigenvalue weighted by Gasteiger charge is -2.13. The number of thiophene rings is 1. The molecule has 16 heavy (non-hydrogen) atoms. The van der Waals surface area contributed by atoms with Crippen LogP contribution in [0.3, 0.4) is 0 Å². The summed E-state index contributed by atoms with van der Waals surface area (Å²) in [6, 6.07) is 3.91. The van der Waals surface area contributed by atoms with Crippen LogP contribution in [0.25, 0.3) is 0 Å². The number of hydrazine groups is 1. The topological polar surface area (TPSA) is 72.2 Å². The maximum atomic E-state index is 11.2. The standard InChI is InChI=1S/C10H18N2O2S2/c1-3-9-4-5-10(15-9)6-8(12-11)7-16(2,13)14/h4-5,8,12H,3,6-7,11H2,1-2H3. The van der Waals surface area contributed by atoms with Crippen LogP contribution in [0, 0.1) is 0 Å². The van der Waals surface area contributed by atoms with Crippen molar-refractivity contribution in [1.82, 2.24) is 5.43 Å². The molecule has 0 bridgehead atoms. The Hall–Kier alpha value is -0.430. The van der Waals surface area contributed by atoms with Gasteiger partial charge in [-0.05, 0) is 25.0 Å². The van der Waals surface area contributed by atoms with Crippen LogP contribution in [-0.2, 0) is 22.7 Å². The molecule has 0 aromatic carbocycles. The summed E-state index contributed by atoms with van der Waals surface area (Å²) >= 11 is 1.71. The van der Waals surface area contributed by atoms with Crippen molar-refractivity contribution < 1.29 is 8.42 Å². The maximum Gasteiger partial charge on any atom is 0.149 e. The van der Waals surface area contributed by atoms with Crippen LogP contribution in [-0.4, -0.2) is 26.5 Å². The summed E-state index contributed by atoms with van der Waals surface area (Å²) in [7, 11) is -2.99. The van der Waals surface area contributed by atoms with Gasteiger partial charge < -0.3 is 0 Å². The third kappa shape index (κ3) is 4.61. The van der Waals surface area contributed by atoms with E-state index in [0.717, 1.165) is 6.42 Å². The van der Waals surface area contributed by atoms with Gasteiger partial charge >= 0.3 is 0 Å². The third-order valence-electron chi connectivity index (χ3n) is 2.25. The van der Waals surface area contributed by atoms with Crippen LogP contribution in [0.15, 0.2) is 12.1 Å². The van der Waals surface area contributed by atoms with Crippen LogP contribution >= 0.6 is 11.3 Å². The van der Waals surface area contributed by atoms with E-state index in [-0.39, 0.29) is 11.8 Å². The van der Waals surface area contributed by atoms with Crippen molar-refractivity contribution in [3.63, 3.8) is 0 Å². The number of sulfone groups is 1. The van der Waals surface area contributed by atoms with E-state index in [4.69, 9.17) is 5.84 Å². The molecule has 4 nitrogen and oxygen atoms in total. The average molecular weight is 262 g/mol. The van der Waals surface area contributed by atoms with E-state index in [1.165, 1.54) is 16.0 Å². The molecule has 0 aliphatic heterocycles. The second-order valence-corrected chi connectivity index (χ2v) is 7.32. The molecule has 1 unspecified atom stereocenters. The van der Waals surface area contributed by atoms with Gasteiger partial charge in [0.1, 0.15) is 9.84 Å². The molecule has 92 valence electrons. The van der Waals surface area contributed by atoms with Crippen molar-refractivity contribution in [3.05, 3.63) is 21.9 Å². The molecule has 0 saturated heterocycles. The first kappa shape index (κ1) is 13.6. The fourth-order valence-electron chi connectivity index (χ4n) is 1.50. The Labute approximate surface area is 101 Å². The molecule has 0 saturated carbocycles. The zero-order valence-corrected chi connectivity index (χ0v) is 11.2. The molecule has 0 spiro atoms. The molecular formula is C10H18N2O2S2. The molecular weight excluding hydrogens is 244 g/mol. The number of hydrogen-bond donors (Lipinski definition) is 2. The maximum absolute atomic E-state index is 11.2. The minimum atomic E-state index is -2.99. The fourth-order valence-corrected chi connectivity index (χ4v) is 3.48. The molecule has 1 heterocycles. The number of nitrogens with one attached hydrogen (secondary N) is 1. The molecule has 1 atom stereocenters. The van der Waals surface area contributed by atoms with Crippen LogP contribution in [0.4, 0.5) is 0 Å². The number of hydrogen-bond acceptors (Lipinski definition) is 5. The van der Waals surface area contributed by atoms with E-state index in [1.54, 1.807) is 11.3 Å². The monoisotopic (exact) mass is 262 g/mol. The highest BCUT2D eigenvalue weighted by molar-refractivity contribution is 7.90. The summed E-state index contributed by atoms with van der Waals surface area (Å²) in [5, 5.41) is 0. The second kappa shape index (κ2) is 5.77. The molecule has 0 radical (unpaired) electrons. The average Bonchev–Trinajstić information content (AvgIpc) is 2.62. The zero-order valence-electron chi connectivity index (χ0n) is 9.56. The summed E-state index contributed by atoms with van der Waals surface area (Å²) < 4.78 is 22.3. The van der Waals surface area contributed by atoms with E-state index in [0.29, 0.717) is 6.42 Å². The Bertz CT molecular complexity index is 426. The first-order valence-corrected chi connectivity index (χ1v) is 8.03. The lowest BCUT2D eigenvalue weighted by molar-refractivity contribution is 0.548. The fraction of sp³-hybridized carbons (Fsp3) is 0.600. The van der Waals surface area contributed by atoms with Gasteiger partial charge in [-0.15, -0.1) is 11.3 Å². The SMILES string of the molecule is CCc1ccc(CC(CS(C)(=O)=O)NN)s1. The molecule has 0 fully saturated rings. The molecule has 6 heteroatoms. The van der Waals surface area contributed by atoms with E-state index in [9.17, 15) is 8.42 Å². The van der Waals surface area contributed by atoms with Gasteiger partial charge in [0, 0.05) is 22.1 Å². The van der Waals surface area contributed by atoms with Crippen LogP contribution < -0.4 is 11.3 Å². The smallest absolute Gasteiger partial charge is 0.149 e. The minimum Gasteiger partial charge on any atom is -0.271 e. The number of nitrogens with two attached hydrogens (primary N) is 1. The Morgan fingerprint density at radius 3 is 2.50 bits per heavy atom. The Morgan fingerprint density at radius 1 is 1.44 bits per heavy atom. The van der Waals surface area contributed by atoms with Gasteiger partial charge in [-0.1, -0.05) is 6.92 Å². The molecule has 0 amide bonds. The largest absolute Gasteiger partial charge is 0.271 e. The van der Waals surface area contributed by atoms with Crippen molar-refractivity contribution in [3.8, 4) is 0 Å². The van der Waals surface area contributed by atoms with Crippen LogP contribution in [0.1, 0.15) is 16.7 Å². The highest BCUT2D eigenvalue weighted by Crippen LogP contribution is 2.18. The lowest BCUT2D eigenvalue weighted by atomic mass is 10.2. The van der Waals surface area contributed by atoms with Crippen molar-refractivity contribution >= 4 is 21.2 Å². The van der Waals surface area contributed by atoms with Crippen LogP contribution in [0.2, 0.25) is 0 Å². The number of aryl methyl sites for hydroxylation is 1. The summed E-state index contributed by atoms with van der Waals surface area (Å²) in [4.78, 5) is 2.48. The summed E-state index contributed by atoms with van der Waals surface area (Å²) in [6.07, 6.45) is 2.90. The van der Waals surface area contributed by atoms with Crippen molar-refractivity contribution in [2.75, 3.05) is 12.0 Å². The first-order chi connectivity index (χ1) is 7.44. The molecule has 1 rings (SSSR count). The zero-order chi connectivity index (χ0) is 12.2. The van der Waals surface area contributed by atoms with Crippen LogP contribution in [0.5, 0.6) is 0 Å². The molecule has 0 aliphatic carbocycles. The van der Waals surface area contributed by atoms with Gasteiger partial charge in [-0.25, -0.2) is 8.42 Å². The predicted molar refractivity (Wildman–Crippen MR) is 68.2 cm³/mol. The molecule has 1 aromatic heterocycles. The van der Waals surface area contributed by atoms with E-state index in [1.807, 2.05) is 6.07 Å². The van der Waals surface area contributed by atoms with Gasteiger partial charge in [-0.2, -0.15) is 0 Å². The second-order valence-electron chi connectivity index (χ2n) is 3.88. The molecule has 3 N–H and O–H groups in total. The predicted octanol–water partition coefficient (Wildman–Crippen LogP) is 0.729. The minimum absolute atomic E-state index is 0.0723. The number of rotatable bonds is 6. The lowest BCUT2D eigenvalue weighted by Crippen LogP contribution is -2.41. The highest BCUT2D eigenvalue weighted by atomic mass is 32.2. The van der Waals surface area contributed by atoms with Crippen molar-refractivity contribution in [2.45, 2.75) is 25.8 Å². The summed E-state index contributed by atoms with van der Waals surface area (Å²) in [5.41, 5.74) is 2.56. The van der Waals surface area contributed by atoms with E-state index < -0.39 is 9.84 Å². The van der Waals surface area contributed by atoms with Gasteiger partial charge in [-0.3, -0.25) is 11.3 Å². The van der Waals surface area contributed by atoms with E-state index in [2.05, 4.69) is 18.4 Å². The quantitative estimate of drug-likeness (QED) is 0.585. The highest BCUT2D eigenvalue weighted by Gasteiger charge is 2.15. The Morgan fingerprint density at radius 2 is 2.06 bits per heavy atom. The van der Waals surface area contributed by atoms with E-state index >= 15 is 0 Å². The summed E-state index contributed by atoms with van der Waals surface area (Å²) in [5.74, 6) is 5.43. The van der Waals surface area contributed by atoms with Crippen molar-refractivity contribution in [2.24, 2.45) is 5.84 Å². The molecule has 0 aliphatic rings. The van der Waals surface area contributed by atoms with Crippen molar-refractivity contribution in [1.29, 1.82) is 0 Å².